The Morgan fingerprint density at radius 3 is 2.72 bits per heavy atom. The molecule has 0 aliphatic carbocycles. The second-order valence-electron chi connectivity index (χ2n) is 4.09. The molecule has 0 aliphatic rings. The van der Waals surface area contributed by atoms with Crippen molar-refractivity contribution in [3.8, 4) is 6.07 Å². The number of benzene rings is 1. The lowest BCUT2D eigenvalue weighted by molar-refractivity contribution is 0.595. The molecule has 1 aromatic heterocycles. The summed E-state index contributed by atoms with van der Waals surface area (Å²) in [6.07, 6.45) is 1.63. The van der Waals surface area contributed by atoms with Crippen molar-refractivity contribution >= 4 is 0 Å². The first-order valence-electron chi connectivity index (χ1n) is 5.46. The van der Waals surface area contributed by atoms with Crippen molar-refractivity contribution in [3.63, 3.8) is 0 Å². The van der Waals surface area contributed by atoms with E-state index >= 15 is 0 Å². The maximum absolute atomic E-state index is 13.7. The van der Waals surface area contributed by atoms with Crippen LogP contribution in [0.3, 0.4) is 0 Å². The summed E-state index contributed by atoms with van der Waals surface area (Å²) in [5, 5.41) is 8.65. The number of pyridine rings is 1. The maximum Gasteiger partial charge on any atom is 0.251 e. The Morgan fingerprint density at radius 1 is 1.33 bits per heavy atom. The second-order valence-corrected chi connectivity index (χ2v) is 4.09. The third kappa shape index (κ3) is 2.46. The zero-order chi connectivity index (χ0) is 13.1. The van der Waals surface area contributed by atoms with Crippen LogP contribution >= 0.6 is 0 Å². The Labute approximate surface area is 104 Å². The van der Waals surface area contributed by atoms with E-state index < -0.39 is 5.82 Å². The summed E-state index contributed by atoms with van der Waals surface area (Å²) >= 11 is 0. The SMILES string of the molecule is Cc1ccn(Cc2ccc(C#N)cc2F)c(=O)c1. The van der Waals surface area contributed by atoms with Crippen LogP contribution in [0.1, 0.15) is 16.7 Å². The van der Waals surface area contributed by atoms with E-state index in [-0.39, 0.29) is 17.7 Å². The molecule has 90 valence electrons. The van der Waals surface area contributed by atoms with Crippen LogP contribution < -0.4 is 5.56 Å². The molecule has 0 atom stereocenters. The highest BCUT2D eigenvalue weighted by Crippen LogP contribution is 2.11. The van der Waals surface area contributed by atoms with Crippen LogP contribution in [0.15, 0.2) is 41.3 Å². The average Bonchev–Trinajstić information content (AvgIpc) is 2.34. The molecule has 0 spiro atoms. The van der Waals surface area contributed by atoms with Crippen molar-refractivity contribution < 1.29 is 4.39 Å². The topological polar surface area (TPSA) is 45.8 Å². The molecule has 0 saturated carbocycles. The van der Waals surface area contributed by atoms with E-state index in [4.69, 9.17) is 5.26 Å². The number of aromatic nitrogens is 1. The quantitative estimate of drug-likeness (QED) is 0.810. The summed E-state index contributed by atoms with van der Waals surface area (Å²) in [6.45, 7) is 1.99. The monoisotopic (exact) mass is 242 g/mol. The predicted molar refractivity (Wildman–Crippen MR) is 65.7 cm³/mol. The number of nitriles is 1. The molecule has 2 rings (SSSR count). The van der Waals surface area contributed by atoms with E-state index in [1.54, 1.807) is 12.3 Å². The van der Waals surface area contributed by atoms with Gasteiger partial charge in [0.1, 0.15) is 5.82 Å². The van der Waals surface area contributed by atoms with Crippen molar-refractivity contribution in [1.82, 2.24) is 4.57 Å². The summed E-state index contributed by atoms with van der Waals surface area (Å²) in [4.78, 5) is 11.7. The van der Waals surface area contributed by atoms with Gasteiger partial charge in [0.05, 0.1) is 18.2 Å². The summed E-state index contributed by atoms with van der Waals surface area (Å²) in [6, 6.07) is 9.41. The first-order valence-corrected chi connectivity index (χ1v) is 5.46. The van der Waals surface area contributed by atoms with Gasteiger partial charge in [0, 0.05) is 17.8 Å². The number of aryl methyl sites for hydroxylation is 1. The number of rotatable bonds is 2. The highest BCUT2D eigenvalue weighted by atomic mass is 19.1. The van der Waals surface area contributed by atoms with Crippen LogP contribution in [0.25, 0.3) is 0 Å². The van der Waals surface area contributed by atoms with Gasteiger partial charge in [-0.2, -0.15) is 5.26 Å². The molecule has 0 N–H and O–H groups in total. The average molecular weight is 242 g/mol. The van der Waals surface area contributed by atoms with E-state index in [0.29, 0.717) is 5.56 Å². The van der Waals surface area contributed by atoms with E-state index in [0.717, 1.165) is 5.56 Å². The summed E-state index contributed by atoms with van der Waals surface area (Å²) in [5.74, 6) is -0.471. The van der Waals surface area contributed by atoms with Gasteiger partial charge < -0.3 is 4.57 Å². The van der Waals surface area contributed by atoms with E-state index in [1.807, 2.05) is 13.0 Å². The smallest absolute Gasteiger partial charge is 0.251 e. The van der Waals surface area contributed by atoms with Gasteiger partial charge in [-0.05, 0) is 30.7 Å². The summed E-state index contributed by atoms with van der Waals surface area (Å²) in [7, 11) is 0. The minimum absolute atomic E-state index is 0.163. The fourth-order valence-corrected chi connectivity index (χ4v) is 1.67. The van der Waals surface area contributed by atoms with E-state index in [1.165, 1.54) is 28.8 Å². The van der Waals surface area contributed by atoms with Crippen LogP contribution in [0.4, 0.5) is 4.39 Å². The van der Waals surface area contributed by atoms with Gasteiger partial charge in [-0.15, -0.1) is 0 Å². The van der Waals surface area contributed by atoms with Gasteiger partial charge in [-0.3, -0.25) is 4.79 Å². The molecule has 0 aliphatic heterocycles. The third-order valence-corrected chi connectivity index (χ3v) is 2.67. The first-order chi connectivity index (χ1) is 8.60. The Morgan fingerprint density at radius 2 is 2.11 bits per heavy atom. The molecule has 2 aromatic rings. The molecule has 4 heteroatoms. The largest absolute Gasteiger partial charge is 0.311 e. The lowest BCUT2D eigenvalue weighted by Gasteiger charge is -2.07. The first kappa shape index (κ1) is 12.1. The van der Waals surface area contributed by atoms with Crippen molar-refractivity contribution in [2.75, 3.05) is 0 Å². The summed E-state index contributed by atoms with van der Waals surface area (Å²) in [5.41, 5.74) is 1.36. The lowest BCUT2D eigenvalue weighted by atomic mass is 10.1. The molecule has 18 heavy (non-hydrogen) atoms. The van der Waals surface area contributed by atoms with Gasteiger partial charge in [0.15, 0.2) is 0 Å². The van der Waals surface area contributed by atoms with Crippen LogP contribution in [0, 0.1) is 24.1 Å². The number of halogens is 1. The Kier molecular flexibility index (Phi) is 3.24. The number of nitrogens with zero attached hydrogens (tertiary/aromatic N) is 2. The molecular formula is C14H11FN2O. The standard InChI is InChI=1S/C14H11FN2O/c1-10-4-5-17(14(18)6-10)9-12-3-2-11(8-16)7-13(12)15/h2-7H,9H2,1H3. The van der Waals surface area contributed by atoms with Crippen molar-refractivity contribution in [1.29, 1.82) is 5.26 Å². The second kappa shape index (κ2) is 4.84. The molecule has 1 heterocycles. The normalized spacial score (nSPS) is 10.1. The molecule has 3 nitrogen and oxygen atoms in total. The number of hydrogen-bond donors (Lipinski definition) is 0. The predicted octanol–water partition coefficient (Wildman–Crippen LogP) is 2.22. The Hall–Kier alpha value is -2.41. The van der Waals surface area contributed by atoms with Crippen molar-refractivity contribution in [2.45, 2.75) is 13.5 Å². The molecule has 0 amide bonds. The lowest BCUT2D eigenvalue weighted by Crippen LogP contribution is -2.19. The van der Waals surface area contributed by atoms with Gasteiger partial charge >= 0.3 is 0 Å². The fourth-order valence-electron chi connectivity index (χ4n) is 1.67. The van der Waals surface area contributed by atoms with E-state index in [2.05, 4.69) is 0 Å². The van der Waals surface area contributed by atoms with Crippen LogP contribution in [-0.2, 0) is 6.54 Å². The fraction of sp³-hybridized carbons (Fsp3) is 0.143. The van der Waals surface area contributed by atoms with Crippen LogP contribution in [0.5, 0.6) is 0 Å². The van der Waals surface area contributed by atoms with Crippen LogP contribution in [-0.4, -0.2) is 4.57 Å². The molecule has 0 saturated heterocycles. The molecule has 0 bridgehead atoms. The highest BCUT2D eigenvalue weighted by molar-refractivity contribution is 5.33. The zero-order valence-corrected chi connectivity index (χ0v) is 9.85. The van der Waals surface area contributed by atoms with Crippen molar-refractivity contribution in [2.24, 2.45) is 0 Å². The summed E-state index contributed by atoms with van der Waals surface area (Å²) < 4.78 is 15.1. The minimum Gasteiger partial charge on any atom is -0.311 e. The molecule has 0 fully saturated rings. The maximum atomic E-state index is 13.7. The van der Waals surface area contributed by atoms with E-state index in [9.17, 15) is 9.18 Å². The zero-order valence-electron chi connectivity index (χ0n) is 9.85. The molecule has 0 radical (unpaired) electrons. The van der Waals surface area contributed by atoms with Gasteiger partial charge in [0.25, 0.3) is 5.56 Å². The molecule has 1 aromatic carbocycles. The Balaban J connectivity index is 2.35. The van der Waals surface area contributed by atoms with Gasteiger partial charge in [-0.25, -0.2) is 4.39 Å². The molecule has 0 unspecified atom stereocenters. The van der Waals surface area contributed by atoms with Crippen LogP contribution in [0.2, 0.25) is 0 Å². The third-order valence-electron chi connectivity index (χ3n) is 2.67. The van der Waals surface area contributed by atoms with Gasteiger partial charge in [-0.1, -0.05) is 6.07 Å². The van der Waals surface area contributed by atoms with Crippen molar-refractivity contribution in [3.05, 3.63) is 69.4 Å². The van der Waals surface area contributed by atoms with Gasteiger partial charge in [0.2, 0.25) is 0 Å². The highest BCUT2D eigenvalue weighted by Gasteiger charge is 2.05. The minimum atomic E-state index is -0.471. The number of hydrogen-bond acceptors (Lipinski definition) is 2. The molecular weight excluding hydrogens is 231 g/mol. The Bertz CT molecular complexity index is 683.